The molecule has 0 amide bonds. The van der Waals surface area contributed by atoms with E-state index >= 15 is 0 Å². The number of hydrogen-bond donors (Lipinski definition) is 2. The number of ether oxygens (including phenoxy) is 2. The van der Waals surface area contributed by atoms with Gasteiger partial charge in [-0.25, -0.2) is 0 Å². The Bertz CT molecular complexity index is 272. The average Bonchev–Trinajstić information content (AvgIpc) is 2.29. The van der Waals surface area contributed by atoms with Crippen molar-refractivity contribution in [3.05, 3.63) is 0 Å². The molecule has 6 heteroatoms. The highest BCUT2D eigenvalue weighted by Crippen LogP contribution is 2.32. The Hall–Kier alpha value is -0.980. The van der Waals surface area contributed by atoms with E-state index in [0.29, 0.717) is 6.29 Å². The van der Waals surface area contributed by atoms with E-state index in [1.54, 1.807) is 13.8 Å². The maximum Gasteiger partial charge on any atom is 0.303 e. The van der Waals surface area contributed by atoms with Crippen LogP contribution in [0.1, 0.15) is 26.7 Å². The molecule has 0 bridgehead atoms. The summed E-state index contributed by atoms with van der Waals surface area (Å²) in [6.45, 7) is 3.30. The second-order valence-corrected chi connectivity index (χ2v) is 4.88. The van der Waals surface area contributed by atoms with Crippen LogP contribution in [0.3, 0.4) is 0 Å². The van der Waals surface area contributed by atoms with Gasteiger partial charge in [0, 0.05) is 26.1 Å². The Balaban J connectivity index is 4.78. The smallest absolute Gasteiger partial charge is 0.303 e. The van der Waals surface area contributed by atoms with Gasteiger partial charge in [0.15, 0.2) is 6.29 Å². The predicted octanol–water partition coefficient (Wildman–Crippen LogP) is 0.672. The minimum absolute atomic E-state index is 0.115. The van der Waals surface area contributed by atoms with Crippen molar-refractivity contribution in [3.63, 3.8) is 0 Å². The molecule has 106 valence electrons. The largest absolute Gasteiger partial charge is 0.481 e. The van der Waals surface area contributed by atoms with Crippen molar-refractivity contribution in [2.45, 2.75) is 39.1 Å². The standard InChI is InChI=1S/C12H22O6/c1-12(2,7-13)8(6-10(15)16)5-9(14)11(17-3)18-4/h7-9,11,14H,5-6H2,1-4H3,(H,15,16). The van der Waals surface area contributed by atoms with Gasteiger partial charge in [0.05, 0.1) is 0 Å². The lowest BCUT2D eigenvalue weighted by Crippen LogP contribution is -2.37. The number of carbonyl (C=O) groups excluding carboxylic acids is 1. The first kappa shape index (κ1) is 17.0. The fourth-order valence-corrected chi connectivity index (χ4v) is 1.77. The van der Waals surface area contributed by atoms with Crippen molar-refractivity contribution in [2.24, 2.45) is 11.3 Å². The molecule has 2 unspecified atom stereocenters. The van der Waals surface area contributed by atoms with Crippen LogP contribution >= 0.6 is 0 Å². The van der Waals surface area contributed by atoms with Crippen LogP contribution in [0.5, 0.6) is 0 Å². The Kier molecular flexibility index (Phi) is 7.05. The molecule has 6 nitrogen and oxygen atoms in total. The monoisotopic (exact) mass is 262 g/mol. The maximum atomic E-state index is 11.0. The van der Waals surface area contributed by atoms with E-state index in [0.717, 1.165) is 0 Å². The van der Waals surface area contributed by atoms with Crippen molar-refractivity contribution in [2.75, 3.05) is 14.2 Å². The second kappa shape index (κ2) is 7.45. The number of carbonyl (C=O) groups is 2. The number of carboxylic acid groups (broad SMARTS) is 1. The third-order valence-corrected chi connectivity index (χ3v) is 3.08. The normalized spacial score (nSPS) is 15.4. The van der Waals surface area contributed by atoms with Gasteiger partial charge in [0.1, 0.15) is 12.4 Å². The number of rotatable bonds is 9. The molecule has 2 atom stereocenters. The summed E-state index contributed by atoms with van der Waals surface area (Å²) in [6, 6.07) is 0. The molecule has 0 aliphatic carbocycles. The molecule has 0 fully saturated rings. The Morgan fingerprint density at radius 2 is 1.83 bits per heavy atom. The molecule has 18 heavy (non-hydrogen) atoms. The fraction of sp³-hybridized carbons (Fsp3) is 0.833. The highest BCUT2D eigenvalue weighted by molar-refractivity contribution is 5.69. The van der Waals surface area contributed by atoms with Crippen LogP contribution in [0.4, 0.5) is 0 Å². The fourth-order valence-electron chi connectivity index (χ4n) is 1.77. The van der Waals surface area contributed by atoms with Crippen LogP contribution in [-0.4, -0.2) is 49.1 Å². The average molecular weight is 262 g/mol. The van der Waals surface area contributed by atoms with Gasteiger partial charge in [-0.1, -0.05) is 13.8 Å². The first-order chi connectivity index (χ1) is 8.28. The summed E-state index contributed by atoms with van der Waals surface area (Å²) in [5, 5.41) is 18.7. The molecule has 0 aromatic carbocycles. The van der Waals surface area contributed by atoms with Crippen LogP contribution in [0, 0.1) is 11.3 Å². The zero-order valence-electron chi connectivity index (χ0n) is 11.3. The number of aliphatic hydroxyl groups is 1. The highest BCUT2D eigenvalue weighted by atomic mass is 16.7. The van der Waals surface area contributed by atoms with E-state index in [-0.39, 0.29) is 12.8 Å². The molecule has 0 aliphatic rings. The summed E-state index contributed by atoms with van der Waals surface area (Å²) >= 11 is 0. The topological polar surface area (TPSA) is 93.1 Å². The number of hydrogen-bond acceptors (Lipinski definition) is 5. The van der Waals surface area contributed by atoms with Crippen molar-refractivity contribution in [1.29, 1.82) is 0 Å². The maximum absolute atomic E-state index is 11.0. The third kappa shape index (κ3) is 5.12. The summed E-state index contributed by atoms with van der Waals surface area (Å²) in [5.74, 6) is -1.50. The van der Waals surface area contributed by atoms with Crippen molar-refractivity contribution in [3.8, 4) is 0 Å². The van der Waals surface area contributed by atoms with Crippen LogP contribution in [0.2, 0.25) is 0 Å². The Morgan fingerprint density at radius 3 is 2.17 bits per heavy atom. The molecular formula is C12H22O6. The number of aliphatic carboxylic acids is 1. The van der Waals surface area contributed by atoms with Crippen molar-refractivity contribution >= 4 is 12.3 Å². The number of carboxylic acids is 1. The number of aliphatic hydroxyl groups excluding tert-OH is 1. The molecule has 0 radical (unpaired) electrons. The molecule has 0 heterocycles. The molecule has 0 saturated heterocycles. The van der Waals surface area contributed by atoms with Gasteiger partial charge in [-0.15, -0.1) is 0 Å². The van der Waals surface area contributed by atoms with Gasteiger partial charge in [-0.2, -0.15) is 0 Å². The van der Waals surface area contributed by atoms with E-state index in [1.165, 1.54) is 14.2 Å². The summed E-state index contributed by atoms with van der Waals surface area (Å²) in [7, 11) is 2.77. The number of aldehydes is 1. The summed E-state index contributed by atoms with van der Waals surface area (Å²) in [5.41, 5.74) is -0.828. The number of methoxy groups -OCH3 is 2. The Labute approximate surface area is 107 Å². The zero-order chi connectivity index (χ0) is 14.3. The van der Waals surface area contributed by atoms with Gasteiger partial charge in [-0.3, -0.25) is 4.79 Å². The first-order valence-corrected chi connectivity index (χ1v) is 5.70. The summed E-state index contributed by atoms with van der Waals surface area (Å²) in [6.07, 6.45) is -1.18. The van der Waals surface area contributed by atoms with E-state index < -0.39 is 29.7 Å². The zero-order valence-corrected chi connectivity index (χ0v) is 11.3. The van der Waals surface area contributed by atoms with Gasteiger partial charge >= 0.3 is 5.97 Å². The van der Waals surface area contributed by atoms with Gasteiger partial charge in [0.2, 0.25) is 0 Å². The lowest BCUT2D eigenvalue weighted by atomic mass is 9.75. The second-order valence-electron chi connectivity index (χ2n) is 4.88. The quantitative estimate of drug-likeness (QED) is 0.468. The molecule has 0 rings (SSSR count). The van der Waals surface area contributed by atoms with Gasteiger partial charge < -0.3 is 24.5 Å². The van der Waals surface area contributed by atoms with Crippen molar-refractivity contribution in [1.82, 2.24) is 0 Å². The molecule has 0 aromatic heterocycles. The lowest BCUT2D eigenvalue weighted by Gasteiger charge is -2.31. The lowest BCUT2D eigenvalue weighted by molar-refractivity contribution is -0.172. The SMILES string of the molecule is COC(OC)C(O)CC(CC(=O)O)C(C)(C)C=O. The van der Waals surface area contributed by atoms with E-state index in [2.05, 4.69) is 0 Å². The summed E-state index contributed by atoms with van der Waals surface area (Å²) in [4.78, 5) is 21.8. The van der Waals surface area contributed by atoms with E-state index in [4.69, 9.17) is 14.6 Å². The molecule has 0 saturated carbocycles. The van der Waals surface area contributed by atoms with Crippen LogP contribution in [0.15, 0.2) is 0 Å². The Morgan fingerprint density at radius 1 is 1.33 bits per heavy atom. The highest BCUT2D eigenvalue weighted by Gasteiger charge is 2.34. The van der Waals surface area contributed by atoms with E-state index in [1.807, 2.05) is 0 Å². The predicted molar refractivity (Wildman–Crippen MR) is 64.0 cm³/mol. The third-order valence-electron chi connectivity index (χ3n) is 3.08. The molecule has 0 spiro atoms. The molecule has 0 aromatic rings. The minimum Gasteiger partial charge on any atom is -0.481 e. The van der Waals surface area contributed by atoms with E-state index in [9.17, 15) is 14.7 Å². The minimum atomic E-state index is -1.01. The summed E-state index contributed by atoms with van der Waals surface area (Å²) < 4.78 is 9.81. The molecule has 0 aliphatic heterocycles. The molecular weight excluding hydrogens is 240 g/mol. The van der Waals surface area contributed by atoms with Crippen LogP contribution in [-0.2, 0) is 19.1 Å². The van der Waals surface area contributed by atoms with Gasteiger partial charge in [-0.05, 0) is 12.3 Å². The first-order valence-electron chi connectivity index (χ1n) is 5.70. The molecule has 2 N–H and O–H groups in total. The van der Waals surface area contributed by atoms with Crippen molar-refractivity contribution < 1.29 is 29.3 Å². The van der Waals surface area contributed by atoms with Crippen LogP contribution < -0.4 is 0 Å². The van der Waals surface area contributed by atoms with Gasteiger partial charge in [0.25, 0.3) is 0 Å². The van der Waals surface area contributed by atoms with Crippen LogP contribution in [0.25, 0.3) is 0 Å².